The van der Waals surface area contributed by atoms with Gasteiger partial charge in [-0.25, -0.2) is 4.79 Å². The molecule has 27 heavy (non-hydrogen) atoms. The molecule has 1 aromatic carbocycles. The summed E-state index contributed by atoms with van der Waals surface area (Å²) in [6.07, 6.45) is 0.737. The topological polar surface area (TPSA) is 80.3 Å². The minimum Gasteiger partial charge on any atom is -0.493 e. The van der Waals surface area contributed by atoms with Crippen molar-refractivity contribution in [2.45, 2.75) is 12.5 Å². The Morgan fingerprint density at radius 2 is 1.96 bits per heavy atom. The zero-order valence-electron chi connectivity index (χ0n) is 16.1. The lowest BCUT2D eigenvalue weighted by Gasteiger charge is -2.31. The van der Waals surface area contributed by atoms with Gasteiger partial charge in [-0.2, -0.15) is 0 Å². The minimum atomic E-state index is -0.589. The van der Waals surface area contributed by atoms with Crippen molar-refractivity contribution < 1.29 is 23.8 Å². The predicted molar refractivity (Wildman–Crippen MR) is 98.7 cm³/mol. The Labute approximate surface area is 158 Å². The second-order valence-electron chi connectivity index (χ2n) is 6.46. The van der Waals surface area contributed by atoms with Gasteiger partial charge >= 0.3 is 6.03 Å². The first kappa shape index (κ1) is 19.0. The van der Waals surface area contributed by atoms with E-state index in [1.54, 1.807) is 39.3 Å². The zero-order valence-corrected chi connectivity index (χ0v) is 16.1. The number of nitrogens with zero attached hydrogens (tertiary/aromatic N) is 2. The average Bonchev–Trinajstić information content (AvgIpc) is 3.01. The summed E-state index contributed by atoms with van der Waals surface area (Å²) in [6.45, 7) is 1.56. The van der Waals surface area contributed by atoms with Crippen LogP contribution in [0, 0.1) is 0 Å². The van der Waals surface area contributed by atoms with E-state index < -0.39 is 6.04 Å². The van der Waals surface area contributed by atoms with E-state index in [1.165, 1.54) is 4.90 Å². The highest BCUT2D eigenvalue weighted by atomic mass is 16.5. The van der Waals surface area contributed by atoms with Crippen molar-refractivity contribution in [1.29, 1.82) is 0 Å². The van der Waals surface area contributed by atoms with Crippen LogP contribution in [0.5, 0.6) is 11.5 Å². The van der Waals surface area contributed by atoms with Crippen molar-refractivity contribution in [3.63, 3.8) is 0 Å². The van der Waals surface area contributed by atoms with Crippen LogP contribution in [0.1, 0.15) is 18.0 Å². The Morgan fingerprint density at radius 3 is 2.63 bits per heavy atom. The third kappa shape index (κ3) is 3.32. The van der Waals surface area contributed by atoms with Gasteiger partial charge in [0.25, 0.3) is 5.91 Å². The van der Waals surface area contributed by atoms with Crippen LogP contribution >= 0.6 is 0 Å². The van der Waals surface area contributed by atoms with Crippen LogP contribution in [-0.4, -0.2) is 69.8 Å². The molecule has 8 nitrogen and oxygen atoms in total. The van der Waals surface area contributed by atoms with Gasteiger partial charge in [0.2, 0.25) is 0 Å². The molecule has 8 heteroatoms. The van der Waals surface area contributed by atoms with Crippen LogP contribution < -0.4 is 14.8 Å². The number of rotatable bonds is 7. The van der Waals surface area contributed by atoms with Crippen molar-refractivity contribution in [3.8, 4) is 11.5 Å². The fourth-order valence-corrected chi connectivity index (χ4v) is 3.58. The smallest absolute Gasteiger partial charge is 0.322 e. The van der Waals surface area contributed by atoms with Crippen LogP contribution in [-0.2, 0) is 9.53 Å². The summed E-state index contributed by atoms with van der Waals surface area (Å²) in [4.78, 5) is 28.9. The normalized spacial score (nSPS) is 19.3. The number of para-hydroxylation sites is 1. The molecule has 0 bridgehead atoms. The number of amides is 3. The highest BCUT2D eigenvalue weighted by Crippen LogP contribution is 2.42. The molecule has 2 aliphatic rings. The third-order valence-corrected chi connectivity index (χ3v) is 4.96. The number of benzene rings is 1. The molecule has 1 N–H and O–H groups in total. The first-order valence-electron chi connectivity index (χ1n) is 8.79. The van der Waals surface area contributed by atoms with Gasteiger partial charge in [0, 0.05) is 32.9 Å². The highest BCUT2D eigenvalue weighted by Gasteiger charge is 2.43. The Balaban J connectivity index is 2.00. The van der Waals surface area contributed by atoms with Crippen LogP contribution in [0.2, 0.25) is 0 Å². The lowest BCUT2D eigenvalue weighted by molar-refractivity contribution is -0.125. The van der Waals surface area contributed by atoms with Gasteiger partial charge in [0.05, 0.1) is 38.1 Å². The lowest BCUT2D eigenvalue weighted by Crippen LogP contribution is -2.45. The van der Waals surface area contributed by atoms with E-state index in [4.69, 9.17) is 14.2 Å². The molecule has 2 heterocycles. The fraction of sp³-hybridized carbons (Fsp3) is 0.474. The number of carbonyl (C=O) groups is 2. The maximum atomic E-state index is 13.1. The monoisotopic (exact) mass is 375 g/mol. The number of ether oxygens (including phenoxy) is 3. The predicted octanol–water partition coefficient (Wildman–Crippen LogP) is 1.53. The fourth-order valence-electron chi connectivity index (χ4n) is 3.58. The molecule has 0 radical (unpaired) electrons. The van der Waals surface area contributed by atoms with Gasteiger partial charge in [-0.15, -0.1) is 0 Å². The molecule has 0 saturated carbocycles. The summed E-state index contributed by atoms with van der Waals surface area (Å²) in [5, 5.41) is 2.92. The summed E-state index contributed by atoms with van der Waals surface area (Å²) in [5.74, 6) is 0.975. The average molecular weight is 375 g/mol. The van der Waals surface area contributed by atoms with Gasteiger partial charge < -0.3 is 24.4 Å². The number of methoxy groups -OCH3 is 3. The number of carbonyl (C=O) groups excluding carboxylic acids is 2. The summed E-state index contributed by atoms with van der Waals surface area (Å²) in [6, 6.07) is 4.59. The van der Waals surface area contributed by atoms with Crippen LogP contribution in [0.25, 0.3) is 0 Å². The molecule has 0 unspecified atom stereocenters. The SMILES string of the molecule is COCCCN1CC2=C(C1=O)[C@H](c1cccc(OC)c1OC)NC(=O)N2C. The van der Waals surface area contributed by atoms with Crippen molar-refractivity contribution >= 4 is 11.9 Å². The van der Waals surface area contributed by atoms with E-state index in [1.807, 2.05) is 12.1 Å². The van der Waals surface area contributed by atoms with E-state index in [-0.39, 0.29) is 11.9 Å². The zero-order chi connectivity index (χ0) is 19.6. The van der Waals surface area contributed by atoms with Crippen molar-refractivity contribution in [1.82, 2.24) is 15.1 Å². The van der Waals surface area contributed by atoms with E-state index in [0.29, 0.717) is 42.3 Å². The molecule has 0 aromatic heterocycles. The minimum absolute atomic E-state index is 0.0807. The second kappa shape index (κ2) is 7.87. The summed E-state index contributed by atoms with van der Waals surface area (Å²) >= 11 is 0. The lowest BCUT2D eigenvalue weighted by atomic mass is 9.94. The van der Waals surface area contributed by atoms with Crippen molar-refractivity contribution in [2.24, 2.45) is 0 Å². The number of likely N-dealkylation sites (N-methyl/N-ethyl adjacent to an activating group) is 1. The van der Waals surface area contributed by atoms with Gasteiger partial charge in [-0.3, -0.25) is 9.69 Å². The van der Waals surface area contributed by atoms with Crippen molar-refractivity contribution in [3.05, 3.63) is 35.0 Å². The Bertz CT molecular complexity index is 777. The molecular weight excluding hydrogens is 350 g/mol. The first-order valence-corrected chi connectivity index (χ1v) is 8.79. The summed E-state index contributed by atoms with van der Waals surface area (Å²) < 4.78 is 16.0. The molecule has 0 saturated heterocycles. The van der Waals surface area contributed by atoms with Gasteiger partial charge in [0.1, 0.15) is 0 Å². The van der Waals surface area contributed by atoms with E-state index in [0.717, 1.165) is 12.1 Å². The summed E-state index contributed by atoms with van der Waals surface area (Å²) in [5.41, 5.74) is 1.98. The molecule has 3 rings (SSSR count). The maximum Gasteiger partial charge on any atom is 0.322 e. The molecule has 0 spiro atoms. The summed E-state index contributed by atoms with van der Waals surface area (Å²) in [7, 11) is 6.41. The number of nitrogens with one attached hydrogen (secondary N) is 1. The van der Waals surface area contributed by atoms with Gasteiger partial charge in [-0.05, 0) is 12.5 Å². The number of urea groups is 1. The van der Waals surface area contributed by atoms with Gasteiger partial charge in [0.15, 0.2) is 11.5 Å². The Kier molecular flexibility index (Phi) is 5.55. The van der Waals surface area contributed by atoms with Crippen LogP contribution in [0.15, 0.2) is 29.5 Å². The van der Waals surface area contributed by atoms with Crippen LogP contribution in [0.3, 0.4) is 0 Å². The first-order chi connectivity index (χ1) is 13.0. The second-order valence-corrected chi connectivity index (χ2v) is 6.46. The van der Waals surface area contributed by atoms with Crippen LogP contribution in [0.4, 0.5) is 4.79 Å². The number of hydrogen-bond donors (Lipinski definition) is 1. The van der Waals surface area contributed by atoms with Crippen molar-refractivity contribution in [2.75, 3.05) is 48.1 Å². The molecular formula is C19H25N3O5. The van der Waals surface area contributed by atoms with Gasteiger partial charge in [-0.1, -0.05) is 12.1 Å². The molecule has 3 amide bonds. The Morgan fingerprint density at radius 1 is 1.19 bits per heavy atom. The standard InChI is InChI=1S/C19H25N3O5/c1-21-13-11-22(9-6-10-25-2)18(23)15(13)16(20-19(21)24)12-7-5-8-14(26-3)17(12)27-4/h5,7-8,16H,6,9-11H2,1-4H3,(H,20,24)/t16-/m0/s1. The highest BCUT2D eigenvalue weighted by molar-refractivity contribution is 6.01. The largest absolute Gasteiger partial charge is 0.493 e. The van der Waals surface area contributed by atoms with E-state index in [2.05, 4.69) is 5.32 Å². The molecule has 2 aliphatic heterocycles. The van der Waals surface area contributed by atoms with E-state index >= 15 is 0 Å². The Hall–Kier alpha value is -2.74. The molecule has 146 valence electrons. The quantitative estimate of drug-likeness (QED) is 0.731. The molecule has 0 fully saturated rings. The third-order valence-electron chi connectivity index (χ3n) is 4.96. The maximum absolute atomic E-state index is 13.1. The molecule has 1 aromatic rings. The molecule has 0 aliphatic carbocycles. The molecule has 1 atom stereocenters. The number of hydrogen-bond acceptors (Lipinski definition) is 5. The van der Waals surface area contributed by atoms with E-state index in [9.17, 15) is 9.59 Å².